The predicted octanol–water partition coefficient (Wildman–Crippen LogP) is 2.47. The van der Waals surface area contributed by atoms with Crippen molar-refractivity contribution >= 4 is 34.1 Å². The standard InChI is InChI=1S/C23H28N4O3S/c1-16(28)26-20(13-17-14-24-19-6-3-2-5-18(17)19)23(29)25-15-21(22-7-4-12-31-22)27-8-10-30-11-9-27/h2-7,12,14,20-21,24H,8-11,13,15H2,1H3,(H,25,29)(H,26,28)/t20-,21-/m0/s1. The van der Waals surface area contributed by atoms with Crippen molar-refractivity contribution in [2.45, 2.75) is 25.4 Å². The Morgan fingerprint density at radius 1 is 1.19 bits per heavy atom. The zero-order chi connectivity index (χ0) is 21.6. The molecule has 8 heteroatoms. The maximum atomic E-state index is 13.1. The Morgan fingerprint density at radius 3 is 2.74 bits per heavy atom. The summed E-state index contributed by atoms with van der Waals surface area (Å²) in [6.45, 7) is 5.00. The molecule has 0 aliphatic carbocycles. The second-order valence-corrected chi connectivity index (χ2v) is 8.72. The molecule has 164 valence electrons. The Labute approximate surface area is 185 Å². The van der Waals surface area contributed by atoms with Gasteiger partial charge in [-0.2, -0.15) is 0 Å². The van der Waals surface area contributed by atoms with Gasteiger partial charge in [0.05, 0.1) is 19.3 Å². The van der Waals surface area contributed by atoms with Crippen molar-refractivity contribution < 1.29 is 14.3 Å². The maximum Gasteiger partial charge on any atom is 0.242 e. The number of benzene rings is 1. The molecule has 0 saturated carbocycles. The van der Waals surface area contributed by atoms with E-state index in [0.29, 0.717) is 26.2 Å². The minimum absolute atomic E-state index is 0.0962. The number of hydrogen-bond donors (Lipinski definition) is 3. The number of ether oxygens (including phenoxy) is 1. The highest BCUT2D eigenvalue weighted by molar-refractivity contribution is 7.10. The Kier molecular flexibility index (Phi) is 7.01. The molecule has 1 aliphatic heterocycles. The molecular formula is C23H28N4O3S. The molecule has 1 fully saturated rings. The van der Waals surface area contributed by atoms with Crippen LogP contribution in [0.2, 0.25) is 0 Å². The molecule has 2 atom stereocenters. The number of thiophene rings is 1. The highest BCUT2D eigenvalue weighted by Crippen LogP contribution is 2.25. The Morgan fingerprint density at radius 2 is 2.00 bits per heavy atom. The normalized spacial score (nSPS) is 16.7. The van der Waals surface area contributed by atoms with E-state index in [4.69, 9.17) is 4.74 Å². The summed E-state index contributed by atoms with van der Waals surface area (Å²) in [6.07, 6.45) is 2.34. The van der Waals surface area contributed by atoms with E-state index in [1.165, 1.54) is 11.8 Å². The van der Waals surface area contributed by atoms with Gasteiger partial charge in [0.2, 0.25) is 11.8 Å². The molecule has 1 aliphatic rings. The van der Waals surface area contributed by atoms with Crippen LogP contribution in [0, 0.1) is 0 Å². The number of nitrogens with one attached hydrogen (secondary N) is 3. The summed E-state index contributed by atoms with van der Waals surface area (Å²) >= 11 is 1.69. The zero-order valence-corrected chi connectivity index (χ0v) is 18.4. The van der Waals surface area contributed by atoms with Crippen LogP contribution in [0.25, 0.3) is 10.9 Å². The van der Waals surface area contributed by atoms with Crippen LogP contribution in [0.4, 0.5) is 0 Å². The molecule has 0 spiro atoms. The molecule has 3 aromatic rings. The third kappa shape index (κ3) is 5.33. The van der Waals surface area contributed by atoms with Crippen LogP contribution < -0.4 is 10.6 Å². The molecule has 0 bridgehead atoms. The van der Waals surface area contributed by atoms with E-state index in [1.54, 1.807) is 11.3 Å². The first-order valence-electron chi connectivity index (χ1n) is 10.6. The molecule has 0 unspecified atom stereocenters. The highest BCUT2D eigenvalue weighted by atomic mass is 32.1. The second kappa shape index (κ2) is 10.1. The van der Waals surface area contributed by atoms with Crippen molar-refractivity contribution in [3.63, 3.8) is 0 Å². The number of hydrogen-bond acceptors (Lipinski definition) is 5. The lowest BCUT2D eigenvalue weighted by molar-refractivity contribution is -0.128. The van der Waals surface area contributed by atoms with E-state index in [0.717, 1.165) is 29.6 Å². The molecule has 2 aromatic heterocycles. The first-order valence-corrected chi connectivity index (χ1v) is 11.4. The quantitative estimate of drug-likeness (QED) is 0.502. The van der Waals surface area contributed by atoms with Gasteiger partial charge in [0, 0.05) is 55.0 Å². The van der Waals surface area contributed by atoms with Crippen LogP contribution in [0.15, 0.2) is 48.0 Å². The lowest BCUT2D eigenvalue weighted by Gasteiger charge is -2.34. The number of nitrogens with zero attached hydrogens (tertiary/aromatic N) is 1. The minimum atomic E-state index is -0.634. The Hall–Kier alpha value is -2.68. The molecule has 4 rings (SSSR count). The fourth-order valence-electron chi connectivity index (χ4n) is 4.08. The summed E-state index contributed by atoms with van der Waals surface area (Å²) in [6, 6.07) is 11.6. The molecule has 31 heavy (non-hydrogen) atoms. The van der Waals surface area contributed by atoms with Gasteiger partial charge >= 0.3 is 0 Å². The molecule has 7 nitrogen and oxygen atoms in total. The molecule has 3 heterocycles. The second-order valence-electron chi connectivity index (χ2n) is 7.74. The molecule has 1 saturated heterocycles. The first-order chi connectivity index (χ1) is 15.1. The van der Waals surface area contributed by atoms with E-state index < -0.39 is 6.04 Å². The molecule has 2 amide bonds. The van der Waals surface area contributed by atoms with Gasteiger partial charge in [0.15, 0.2) is 0 Å². The molecular weight excluding hydrogens is 412 g/mol. The van der Waals surface area contributed by atoms with Crippen molar-refractivity contribution in [2.75, 3.05) is 32.8 Å². The topological polar surface area (TPSA) is 86.5 Å². The SMILES string of the molecule is CC(=O)N[C@@H](Cc1c[nH]c2ccccc12)C(=O)NC[C@@H](c1cccs1)N1CCOCC1. The summed E-state index contributed by atoms with van der Waals surface area (Å²) in [7, 11) is 0. The van der Waals surface area contributed by atoms with Crippen LogP contribution in [-0.4, -0.2) is 60.6 Å². The minimum Gasteiger partial charge on any atom is -0.379 e. The number of rotatable bonds is 8. The number of para-hydroxylation sites is 1. The fraction of sp³-hybridized carbons (Fsp3) is 0.391. The van der Waals surface area contributed by atoms with Crippen molar-refractivity contribution in [3.8, 4) is 0 Å². The van der Waals surface area contributed by atoms with E-state index in [1.807, 2.05) is 36.5 Å². The van der Waals surface area contributed by atoms with Gasteiger partial charge in [-0.05, 0) is 23.1 Å². The lowest BCUT2D eigenvalue weighted by Crippen LogP contribution is -2.50. The van der Waals surface area contributed by atoms with Crippen molar-refractivity contribution in [2.24, 2.45) is 0 Å². The average molecular weight is 441 g/mol. The van der Waals surface area contributed by atoms with Crippen LogP contribution in [0.3, 0.4) is 0 Å². The van der Waals surface area contributed by atoms with Crippen molar-refractivity contribution in [1.29, 1.82) is 0 Å². The van der Waals surface area contributed by atoms with Gasteiger partial charge < -0.3 is 20.4 Å². The van der Waals surface area contributed by atoms with E-state index in [9.17, 15) is 9.59 Å². The number of morpholine rings is 1. The van der Waals surface area contributed by atoms with E-state index in [2.05, 4.69) is 32.0 Å². The number of aromatic amines is 1. The van der Waals surface area contributed by atoms with Crippen LogP contribution in [0.1, 0.15) is 23.4 Å². The third-order valence-corrected chi connectivity index (χ3v) is 6.59. The zero-order valence-electron chi connectivity index (χ0n) is 17.6. The van der Waals surface area contributed by atoms with Crippen LogP contribution >= 0.6 is 11.3 Å². The third-order valence-electron chi connectivity index (χ3n) is 5.62. The number of aromatic nitrogens is 1. The predicted molar refractivity (Wildman–Crippen MR) is 122 cm³/mol. The number of H-pyrrole nitrogens is 1. The summed E-state index contributed by atoms with van der Waals surface area (Å²) in [5, 5.41) is 9.04. The van der Waals surface area contributed by atoms with Gasteiger partial charge in [-0.15, -0.1) is 11.3 Å². The Balaban J connectivity index is 1.46. The number of amides is 2. The van der Waals surface area contributed by atoms with Crippen molar-refractivity contribution in [3.05, 3.63) is 58.4 Å². The molecule has 0 radical (unpaired) electrons. The largest absolute Gasteiger partial charge is 0.379 e. The number of carbonyl (C=O) groups is 2. The molecule has 1 aromatic carbocycles. The van der Waals surface area contributed by atoms with Gasteiger partial charge in [-0.25, -0.2) is 0 Å². The maximum absolute atomic E-state index is 13.1. The van der Waals surface area contributed by atoms with E-state index in [-0.39, 0.29) is 17.9 Å². The summed E-state index contributed by atoms with van der Waals surface area (Å²) in [5.41, 5.74) is 2.03. The summed E-state index contributed by atoms with van der Waals surface area (Å²) < 4.78 is 5.49. The van der Waals surface area contributed by atoms with Gasteiger partial charge in [-0.1, -0.05) is 24.3 Å². The lowest BCUT2D eigenvalue weighted by atomic mass is 10.0. The first kappa shape index (κ1) is 21.5. The van der Waals surface area contributed by atoms with Gasteiger partial charge in [0.25, 0.3) is 0 Å². The highest BCUT2D eigenvalue weighted by Gasteiger charge is 2.26. The van der Waals surface area contributed by atoms with Gasteiger partial charge in [0.1, 0.15) is 6.04 Å². The van der Waals surface area contributed by atoms with Crippen LogP contribution in [0.5, 0.6) is 0 Å². The smallest absolute Gasteiger partial charge is 0.242 e. The average Bonchev–Trinajstić information content (AvgIpc) is 3.44. The summed E-state index contributed by atoms with van der Waals surface area (Å²) in [4.78, 5) is 31.7. The fourth-order valence-corrected chi connectivity index (χ4v) is 4.94. The monoisotopic (exact) mass is 440 g/mol. The van der Waals surface area contributed by atoms with Crippen molar-refractivity contribution in [1.82, 2.24) is 20.5 Å². The van der Waals surface area contributed by atoms with E-state index >= 15 is 0 Å². The van der Waals surface area contributed by atoms with Gasteiger partial charge in [-0.3, -0.25) is 14.5 Å². The number of fused-ring (bicyclic) bond motifs is 1. The number of carbonyl (C=O) groups excluding carboxylic acids is 2. The Bertz CT molecular complexity index is 1010. The molecule has 3 N–H and O–H groups in total. The van der Waals surface area contributed by atoms with Crippen LogP contribution in [-0.2, 0) is 20.7 Å². The summed E-state index contributed by atoms with van der Waals surface area (Å²) in [5.74, 6) is -0.390.